The zero-order chi connectivity index (χ0) is 15.4. The summed E-state index contributed by atoms with van der Waals surface area (Å²) in [5.74, 6) is -2.13. The lowest BCUT2D eigenvalue weighted by atomic mass is 10.1. The Hall–Kier alpha value is -2.89. The summed E-state index contributed by atoms with van der Waals surface area (Å²) in [6.07, 6.45) is 0. The van der Waals surface area contributed by atoms with Crippen molar-refractivity contribution in [2.45, 2.75) is 6.92 Å². The van der Waals surface area contributed by atoms with Gasteiger partial charge < -0.3 is 15.7 Å². The molecule has 0 aliphatic heterocycles. The van der Waals surface area contributed by atoms with Gasteiger partial charge in [0.2, 0.25) is 5.91 Å². The normalized spacial score (nSPS) is 10.0. The standard InChI is InChI=1S/C15H13FN2O3/c1-9(19)17-10-4-2-5-11(8-10)18-14-12(15(20)21)6-3-7-13(14)16/h2-8,18H,1H3,(H,17,19)(H,20,21). The van der Waals surface area contributed by atoms with E-state index in [0.29, 0.717) is 11.4 Å². The van der Waals surface area contributed by atoms with Crippen molar-refractivity contribution in [3.05, 3.63) is 53.8 Å². The second kappa shape index (κ2) is 6.04. The molecular formula is C15H13FN2O3. The first kappa shape index (κ1) is 14.5. The summed E-state index contributed by atoms with van der Waals surface area (Å²) in [4.78, 5) is 22.1. The van der Waals surface area contributed by atoms with E-state index in [1.165, 1.54) is 25.1 Å². The molecule has 6 heteroatoms. The molecule has 0 aromatic heterocycles. The van der Waals surface area contributed by atoms with Gasteiger partial charge in [-0.3, -0.25) is 4.79 Å². The predicted molar refractivity (Wildman–Crippen MR) is 77.4 cm³/mol. The van der Waals surface area contributed by atoms with Gasteiger partial charge in [0.05, 0.1) is 11.3 Å². The van der Waals surface area contributed by atoms with Gasteiger partial charge in [-0.15, -0.1) is 0 Å². The summed E-state index contributed by atoms with van der Waals surface area (Å²) in [6.45, 7) is 1.37. The fraction of sp³-hybridized carbons (Fsp3) is 0.0667. The molecule has 21 heavy (non-hydrogen) atoms. The number of carboxylic acid groups (broad SMARTS) is 1. The van der Waals surface area contributed by atoms with Gasteiger partial charge in [0.15, 0.2) is 0 Å². The molecule has 2 aromatic carbocycles. The van der Waals surface area contributed by atoms with E-state index in [4.69, 9.17) is 5.11 Å². The van der Waals surface area contributed by atoms with Crippen LogP contribution in [-0.2, 0) is 4.79 Å². The average Bonchev–Trinajstić information content (AvgIpc) is 2.40. The molecule has 3 N–H and O–H groups in total. The number of carbonyl (C=O) groups is 2. The highest BCUT2D eigenvalue weighted by Gasteiger charge is 2.14. The molecule has 0 radical (unpaired) electrons. The molecule has 2 aromatic rings. The number of carboxylic acids is 1. The number of carbonyl (C=O) groups excluding carboxylic acids is 1. The summed E-state index contributed by atoms with van der Waals surface area (Å²) in [5.41, 5.74) is 0.708. The highest BCUT2D eigenvalue weighted by atomic mass is 19.1. The van der Waals surface area contributed by atoms with E-state index < -0.39 is 11.8 Å². The summed E-state index contributed by atoms with van der Waals surface area (Å²) >= 11 is 0. The van der Waals surface area contributed by atoms with E-state index in [2.05, 4.69) is 10.6 Å². The number of halogens is 1. The number of rotatable bonds is 4. The summed E-state index contributed by atoms with van der Waals surface area (Å²) in [5, 5.41) is 14.4. The molecule has 0 aliphatic rings. The molecule has 108 valence electrons. The van der Waals surface area contributed by atoms with E-state index in [1.54, 1.807) is 24.3 Å². The lowest BCUT2D eigenvalue weighted by Crippen LogP contribution is -2.07. The fourth-order valence-electron chi connectivity index (χ4n) is 1.85. The monoisotopic (exact) mass is 288 g/mol. The van der Waals surface area contributed by atoms with Gasteiger partial charge in [-0.1, -0.05) is 12.1 Å². The topological polar surface area (TPSA) is 78.4 Å². The molecule has 0 unspecified atom stereocenters. The maximum atomic E-state index is 13.8. The Bertz CT molecular complexity index is 701. The van der Waals surface area contributed by atoms with Crippen LogP contribution in [0.3, 0.4) is 0 Å². The van der Waals surface area contributed by atoms with Gasteiger partial charge in [0, 0.05) is 18.3 Å². The molecule has 0 saturated heterocycles. The van der Waals surface area contributed by atoms with Crippen LogP contribution in [0.15, 0.2) is 42.5 Å². The van der Waals surface area contributed by atoms with Crippen LogP contribution >= 0.6 is 0 Å². The molecule has 0 bridgehead atoms. The van der Waals surface area contributed by atoms with Crippen LogP contribution in [-0.4, -0.2) is 17.0 Å². The first-order valence-electron chi connectivity index (χ1n) is 6.14. The minimum atomic E-state index is -1.23. The number of benzene rings is 2. The minimum Gasteiger partial charge on any atom is -0.478 e. The second-order valence-electron chi connectivity index (χ2n) is 4.35. The number of nitrogens with one attached hydrogen (secondary N) is 2. The van der Waals surface area contributed by atoms with E-state index in [0.717, 1.165) is 0 Å². The van der Waals surface area contributed by atoms with Gasteiger partial charge in [-0.05, 0) is 30.3 Å². The van der Waals surface area contributed by atoms with Crippen molar-refractivity contribution in [1.29, 1.82) is 0 Å². The number of anilines is 3. The maximum absolute atomic E-state index is 13.8. The number of para-hydroxylation sites is 1. The van der Waals surface area contributed by atoms with Crippen LogP contribution in [0.25, 0.3) is 0 Å². The van der Waals surface area contributed by atoms with Crippen LogP contribution in [0.2, 0.25) is 0 Å². The van der Waals surface area contributed by atoms with Crippen molar-refractivity contribution >= 4 is 28.9 Å². The summed E-state index contributed by atoms with van der Waals surface area (Å²) in [6, 6.07) is 10.4. The first-order valence-corrected chi connectivity index (χ1v) is 6.14. The van der Waals surface area contributed by atoms with Crippen molar-refractivity contribution in [2.75, 3.05) is 10.6 Å². The molecule has 2 rings (SSSR count). The Balaban J connectivity index is 2.34. The minimum absolute atomic E-state index is 0.120. The highest BCUT2D eigenvalue weighted by Crippen LogP contribution is 2.26. The largest absolute Gasteiger partial charge is 0.478 e. The van der Waals surface area contributed by atoms with Crippen molar-refractivity contribution in [3.63, 3.8) is 0 Å². The van der Waals surface area contributed by atoms with Crippen LogP contribution < -0.4 is 10.6 Å². The maximum Gasteiger partial charge on any atom is 0.337 e. The van der Waals surface area contributed by atoms with Gasteiger partial charge in [0.25, 0.3) is 0 Å². The zero-order valence-electron chi connectivity index (χ0n) is 11.2. The second-order valence-corrected chi connectivity index (χ2v) is 4.35. The van der Waals surface area contributed by atoms with E-state index in [-0.39, 0.29) is 17.2 Å². The van der Waals surface area contributed by atoms with E-state index in [9.17, 15) is 14.0 Å². The Morgan fingerprint density at radius 3 is 2.43 bits per heavy atom. The zero-order valence-corrected chi connectivity index (χ0v) is 11.2. The molecule has 0 spiro atoms. The average molecular weight is 288 g/mol. The van der Waals surface area contributed by atoms with Gasteiger partial charge in [-0.25, -0.2) is 9.18 Å². The lowest BCUT2D eigenvalue weighted by Gasteiger charge is -2.12. The van der Waals surface area contributed by atoms with Crippen molar-refractivity contribution in [3.8, 4) is 0 Å². The first-order chi connectivity index (χ1) is 9.97. The smallest absolute Gasteiger partial charge is 0.337 e. The van der Waals surface area contributed by atoms with Crippen LogP contribution in [0, 0.1) is 5.82 Å². The Morgan fingerprint density at radius 1 is 1.10 bits per heavy atom. The summed E-state index contributed by atoms with van der Waals surface area (Å²) < 4.78 is 13.8. The quantitative estimate of drug-likeness (QED) is 0.807. The van der Waals surface area contributed by atoms with Gasteiger partial charge in [0.1, 0.15) is 5.82 Å². The van der Waals surface area contributed by atoms with E-state index in [1.807, 2.05) is 0 Å². The number of aromatic carboxylic acids is 1. The third-order valence-electron chi connectivity index (χ3n) is 2.70. The molecule has 0 heterocycles. The molecule has 0 aliphatic carbocycles. The highest BCUT2D eigenvalue weighted by molar-refractivity contribution is 5.95. The SMILES string of the molecule is CC(=O)Nc1cccc(Nc2c(F)cccc2C(=O)O)c1. The third-order valence-corrected chi connectivity index (χ3v) is 2.70. The summed E-state index contributed by atoms with van der Waals surface area (Å²) in [7, 11) is 0. The molecular weight excluding hydrogens is 275 g/mol. The molecule has 0 fully saturated rings. The van der Waals surface area contributed by atoms with Crippen LogP contribution in [0.5, 0.6) is 0 Å². The fourth-order valence-corrected chi connectivity index (χ4v) is 1.85. The lowest BCUT2D eigenvalue weighted by molar-refractivity contribution is -0.114. The van der Waals surface area contributed by atoms with E-state index >= 15 is 0 Å². The number of hydrogen-bond donors (Lipinski definition) is 3. The third kappa shape index (κ3) is 3.56. The number of amides is 1. The van der Waals surface area contributed by atoms with Crippen molar-refractivity contribution in [1.82, 2.24) is 0 Å². The van der Waals surface area contributed by atoms with Crippen molar-refractivity contribution in [2.24, 2.45) is 0 Å². The number of hydrogen-bond acceptors (Lipinski definition) is 3. The molecule has 0 atom stereocenters. The van der Waals surface area contributed by atoms with Gasteiger partial charge >= 0.3 is 5.97 Å². The molecule has 5 nitrogen and oxygen atoms in total. The predicted octanol–water partition coefficient (Wildman–Crippen LogP) is 3.23. The molecule has 1 amide bonds. The van der Waals surface area contributed by atoms with Gasteiger partial charge in [-0.2, -0.15) is 0 Å². The molecule has 0 saturated carbocycles. The van der Waals surface area contributed by atoms with Crippen LogP contribution in [0.1, 0.15) is 17.3 Å². The Kier molecular flexibility index (Phi) is 4.18. The Labute approximate surface area is 120 Å². The Morgan fingerprint density at radius 2 is 1.76 bits per heavy atom. The van der Waals surface area contributed by atoms with Crippen LogP contribution in [0.4, 0.5) is 21.5 Å². The van der Waals surface area contributed by atoms with Crippen molar-refractivity contribution < 1.29 is 19.1 Å².